The molecule has 0 radical (unpaired) electrons. The van der Waals surface area contributed by atoms with E-state index in [1.54, 1.807) is 0 Å². The molecule has 0 fully saturated rings. The molecule has 2 nitrogen and oxygen atoms in total. The van der Waals surface area contributed by atoms with Crippen molar-refractivity contribution in [3.05, 3.63) is 64.1 Å². The zero-order chi connectivity index (χ0) is 13.7. The Balaban J connectivity index is 2.05. The summed E-state index contributed by atoms with van der Waals surface area (Å²) >= 11 is 3.53. The van der Waals surface area contributed by atoms with Crippen molar-refractivity contribution in [3.63, 3.8) is 0 Å². The first kappa shape index (κ1) is 14.1. The minimum Gasteiger partial charge on any atom is -0.489 e. The van der Waals surface area contributed by atoms with Crippen LogP contribution in [0, 0.1) is 0 Å². The van der Waals surface area contributed by atoms with Gasteiger partial charge in [-0.25, -0.2) is 0 Å². The van der Waals surface area contributed by atoms with Crippen LogP contribution in [0.4, 0.5) is 0 Å². The Labute approximate surface area is 123 Å². The lowest BCUT2D eigenvalue weighted by Gasteiger charge is -2.12. The van der Waals surface area contributed by atoms with E-state index in [-0.39, 0.29) is 0 Å². The van der Waals surface area contributed by atoms with Crippen molar-refractivity contribution < 1.29 is 4.74 Å². The quantitative estimate of drug-likeness (QED) is 0.823. The normalized spacial score (nSPS) is 10.7. The van der Waals surface area contributed by atoms with Crippen molar-refractivity contribution in [2.24, 2.45) is 0 Å². The highest BCUT2D eigenvalue weighted by molar-refractivity contribution is 9.10. The van der Waals surface area contributed by atoms with Gasteiger partial charge in [0.15, 0.2) is 0 Å². The SMILES string of the molecule is CN(C)Cc1cc(Br)cc(OCc2ccccc2)c1. The molecule has 0 aliphatic heterocycles. The molecule has 100 valence electrons. The summed E-state index contributed by atoms with van der Waals surface area (Å²) in [7, 11) is 4.12. The van der Waals surface area contributed by atoms with Gasteiger partial charge in [-0.15, -0.1) is 0 Å². The fourth-order valence-electron chi connectivity index (χ4n) is 1.90. The fourth-order valence-corrected chi connectivity index (χ4v) is 2.42. The van der Waals surface area contributed by atoms with E-state index in [1.165, 1.54) is 11.1 Å². The van der Waals surface area contributed by atoms with E-state index in [9.17, 15) is 0 Å². The van der Waals surface area contributed by atoms with Gasteiger partial charge >= 0.3 is 0 Å². The minimum absolute atomic E-state index is 0.596. The van der Waals surface area contributed by atoms with Crippen molar-refractivity contribution in [1.82, 2.24) is 4.90 Å². The second kappa shape index (κ2) is 6.73. The monoisotopic (exact) mass is 319 g/mol. The third-order valence-electron chi connectivity index (χ3n) is 2.68. The maximum Gasteiger partial charge on any atom is 0.121 e. The summed E-state index contributed by atoms with van der Waals surface area (Å²) < 4.78 is 6.90. The van der Waals surface area contributed by atoms with Crippen LogP contribution < -0.4 is 4.74 Å². The molecule has 0 atom stereocenters. The number of ether oxygens (including phenoxy) is 1. The van der Waals surface area contributed by atoms with Gasteiger partial charge in [0, 0.05) is 11.0 Å². The van der Waals surface area contributed by atoms with Gasteiger partial charge in [-0.3, -0.25) is 0 Å². The molecular weight excluding hydrogens is 302 g/mol. The van der Waals surface area contributed by atoms with Gasteiger partial charge in [0.2, 0.25) is 0 Å². The molecule has 2 rings (SSSR count). The molecule has 19 heavy (non-hydrogen) atoms. The molecule has 0 unspecified atom stereocenters. The molecule has 0 aliphatic rings. The molecule has 0 aromatic heterocycles. The number of hydrogen-bond donors (Lipinski definition) is 0. The summed E-state index contributed by atoms with van der Waals surface area (Å²) in [5.41, 5.74) is 2.42. The Morgan fingerprint density at radius 2 is 1.74 bits per heavy atom. The van der Waals surface area contributed by atoms with Gasteiger partial charge in [0.05, 0.1) is 0 Å². The van der Waals surface area contributed by atoms with Crippen molar-refractivity contribution >= 4 is 15.9 Å². The number of halogens is 1. The average molecular weight is 320 g/mol. The maximum atomic E-state index is 5.85. The van der Waals surface area contributed by atoms with Crippen LogP contribution >= 0.6 is 15.9 Å². The molecule has 0 heterocycles. The Morgan fingerprint density at radius 3 is 2.42 bits per heavy atom. The maximum absolute atomic E-state index is 5.85. The standard InChI is InChI=1S/C16H18BrNO/c1-18(2)11-14-8-15(17)10-16(9-14)19-12-13-6-4-3-5-7-13/h3-10H,11-12H2,1-2H3. The topological polar surface area (TPSA) is 12.5 Å². The molecule has 2 aromatic carbocycles. The number of hydrogen-bond acceptors (Lipinski definition) is 2. The minimum atomic E-state index is 0.596. The van der Waals surface area contributed by atoms with E-state index in [2.05, 4.69) is 59.2 Å². The Bertz CT molecular complexity index is 526. The van der Waals surface area contributed by atoms with Crippen molar-refractivity contribution in [1.29, 1.82) is 0 Å². The van der Waals surface area contributed by atoms with Crippen LogP contribution in [-0.4, -0.2) is 19.0 Å². The van der Waals surface area contributed by atoms with Gasteiger partial charge in [-0.1, -0.05) is 46.3 Å². The van der Waals surface area contributed by atoms with Gasteiger partial charge in [0.25, 0.3) is 0 Å². The van der Waals surface area contributed by atoms with Crippen LogP contribution in [0.15, 0.2) is 53.0 Å². The molecule has 0 spiro atoms. The first-order valence-corrected chi connectivity index (χ1v) is 7.04. The van der Waals surface area contributed by atoms with Crippen molar-refractivity contribution in [2.75, 3.05) is 14.1 Å². The van der Waals surface area contributed by atoms with E-state index < -0.39 is 0 Å². The summed E-state index contributed by atoms with van der Waals surface area (Å²) in [6, 6.07) is 16.4. The molecule has 3 heteroatoms. The first-order chi connectivity index (χ1) is 9.13. The molecule has 0 bridgehead atoms. The summed E-state index contributed by atoms with van der Waals surface area (Å²) in [6.45, 7) is 1.50. The van der Waals surface area contributed by atoms with Crippen LogP contribution in [0.3, 0.4) is 0 Å². The lowest BCUT2D eigenvalue weighted by Crippen LogP contribution is -2.10. The highest BCUT2D eigenvalue weighted by Crippen LogP contribution is 2.23. The van der Waals surface area contributed by atoms with Crippen LogP contribution in [0.5, 0.6) is 5.75 Å². The molecule has 0 N–H and O–H groups in total. The molecule has 0 saturated carbocycles. The third-order valence-corrected chi connectivity index (χ3v) is 3.14. The van der Waals surface area contributed by atoms with E-state index in [0.717, 1.165) is 16.8 Å². The summed E-state index contributed by atoms with van der Waals surface area (Å²) in [6.07, 6.45) is 0. The van der Waals surface area contributed by atoms with Crippen molar-refractivity contribution in [3.8, 4) is 5.75 Å². The second-order valence-corrected chi connectivity index (χ2v) is 5.72. The van der Waals surface area contributed by atoms with Gasteiger partial charge in [-0.05, 0) is 43.4 Å². The molecule has 0 amide bonds. The van der Waals surface area contributed by atoms with E-state index >= 15 is 0 Å². The molecular formula is C16H18BrNO. The number of rotatable bonds is 5. The predicted octanol–water partition coefficient (Wildman–Crippen LogP) is 4.09. The third kappa shape index (κ3) is 4.69. The Morgan fingerprint density at radius 1 is 1.00 bits per heavy atom. The van der Waals surface area contributed by atoms with Gasteiger partial charge in [0.1, 0.15) is 12.4 Å². The highest BCUT2D eigenvalue weighted by atomic mass is 79.9. The average Bonchev–Trinajstić information content (AvgIpc) is 2.36. The zero-order valence-electron chi connectivity index (χ0n) is 11.3. The summed E-state index contributed by atoms with van der Waals surface area (Å²) in [5, 5.41) is 0. The Hall–Kier alpha value is -1.32. The largest absolute Gasteiger partial charge is 0.489 e. The summed E-state index contributed by atoms with van der Waals surface area (Å²) in [4.78, 5) is 2.14. The smallest absolute Gasteiger partial charge is 0.121 e. The number of benzene rings is 2. The van der Waals surface area contributed by atoms with Crippen LogP contribution in [0.2, 0.25) is 0 Å². The zero-order valence-corrected chi connectivity index (χ0v) is 12.9. The van der Waals surface area contributed by atoms with E-state index in [1.807, 2.05) is 24.3 Å². The van der Waals surface area contributed by atoms with Crippen LogP contribution in [0.1, 0.15) is 11.1 Å². The van der Waals surface area contributed by atoms with Crippen molar-refractivity contribution in [2.45, 2.75) is 13.2 Å². The fraction of sp³-hybridized carbons (Fsp3) is 0.250. The second-order valence-electron chi connectivity index (χ2n) is 4.81. The van der Waals surface area contributed by atoms with Gasteiger partial charge < -0.3 is 9.64 Å². The molecule has 0 saturated heterocycles. The molecule has 0 aliphatic carbocycles. The first-order valence-electron chi connectivity index (χ1n) is 6.24. The predicted molar refractivity (Wildman–Crippen MR) is 82.3 cm³/mol. The van der Waals surface area contributed by atoms with E-state index in [0.29, 0.717) is 6.61 Å². The Kier molecular flexibility index (Phi) is 5.00. The van der Waals surface area contributed by atoms with Crippen LogP contribution in [-0.2, 0) is 13.2 Å². The van der Waals surface area contributed by atoms with Crippen LogP contribution in [0.25, 0.3) is 0 Å². The number of nitrogens with zero attached hydrogens (tertiary/aromatic N) is 1. The highest BCUT2D eigenvalue weighted by Gasteiger charge is 2.02. The lowest BCUT2D eigenvalue weighted by atomic mass is 10.2. The molecule has 2 aromatic rings. The van der Waals surface area contributed by atoms with E-state index in [4.69, 9.17) is 4.74 Å². The summed E-state index contributed by atoms with van der Waals surface area (Å²) in [5.74, 6) is 0.898. The van der Waals surface area contributed by atoms with Gasteiger partial charge in [-0.2, -0.15) is 0 Å². The lowest BCUT2D eigenvalue weighted by molar-refractivity contribution is 0.305.